The van der Waals surface area contributed by atoms with Crippen molar-refractivity contribution >= 4 is 0 Å². The van der Waals surface area contributed by atoms with E-state index in [2.05, 4.69) is 10.4 Å². The van der Waals surface area contributed by atoms with E-state index in [0.29, 0.717) is 19.8 Å². The van der Waals surface area contributed by atoms with Crippen LogP contribution in [0.2, 0.25) is 0 Å². The highest BCUT2D eigenvalue weighted by Crippen LogP contribution is 2.18. The highest BCUT2D eigenvalue weighted by Gasteiger charge is 2.26. The van der Waals surface area contributed by atoms with Gasteiger partial charge in [-0.25, -0.2) is 5.43 Å². The molecule has 1 aromatic rings. The van der Waals surface area contributed by atoms with E-state index in [-0.39, 0.29) is 12.1 Å². The molecule has 1 aromatic heterocycles. The second-order valence-electron chi connectivity index (χ2n) is 3.25. The Labute approximate surface area is 82.5 Å². The molecule has 0 bridgehead atoms. The van der Waals surface area contributed by atoms with Crippen LogP contribution in [0.3, 0.4) is 0 Å². The topological polar surface area (TPSA) is 72.3 Å². The summed E-state index contributed by atoms with van der Waals surface area (Å²) in [6, 6.07) is 3.87. The summed E-state index contributed by atoms with van der Waals surface area (Å²) in [7, 11) is 0. The number of aromatic nitrogens is 1. The van der Waals surface area contributed by atoms with Crippen LogP contribution in [0.5, 0.6) is 0 Å². The summed E-state index contributed by atoms with van der Waals surface area (Å²) < 4.78 is 10.9. The molecule has 5 nitrogen and oxygen atoms in total. The van der Waals surface area contributed by atoms with E-state index >= 15 is 0 Å². The van der Waals surface area contributed by atoms with E-state index in [1.165, 1.54) is 0 Å². The zero-order chi connectivity index (χ0) is 9.80. The molecule has 2 rings (SSSR count). The molecular formula is C9H15N3O2. The predicted molar refractivity (Wildman–Crippen MR) is 51.4 cm³/mol. The molecule has 2 heterocycles. The van der Waals surface area contributed by atoms with Crippen LogP contribution in [0.25, 0.3) is 0 Å². The summed E-state index contributed by atoms with van der Waals surface area (Å²) in [6.07, 6.45) is 1.84. The molecule has 0 aromatic carbocycles. The highest BCUT2D eigenvalue weighted by molar-refractivity contribution is 5.10. The number of aromatic amines is 1. The first kappa shape index (κ1) is 9.67. The SMILES string of the molecule is NNC(c1ccc[nH]1)C1COCCO1. The lowest BCUT2D eigenvalue weighted by Gasteiger charge is -2.29. The fraction of sp³-hybridized carbons (Fsp3) is 0.556. The van der Waals surface area contributed by atoms with Gasteiger partial charge in [0.05, 0.1) is 25.9 Å². The Kier molecular flexibility index (Phi) is 3.15. The number of rotatable bonds is 3. The van der Waals surface area contributed by atoms with Crippen LogP contribution in [-0.2, 0) is 9.47 Å². The van der Waals surface area contributed by atoms with Gasteiger partial charge in [-0.1, -0.05) is 0 Å². The molecule has 0 saturated carbocycles. The molecular weight excluding hydrogens is 182 g/mol. The zero-order valence-electron chi connectivity index (χ0n) is 7.90. The first-order valence-electron chi connectivity index (χ1n) is 4.70. The van der Waals surface area contributed by atoms with Crippen molar-refractivity contribution in [3.63, 3.8) is 0 Å². The lowest BCUT2D eigenvalue weighted by atomic mass is 10.1. The van der Waals surface area contributed by atoms with Crippen LogP contribution in [0.1, 0.15) is 11.7 Å². The molecule has 2 atom stereocenters. The Hall–Kier alpha value is -0.880. The van der Waals surface area contributed by atoms with Gasteiger partial charge in [-0.3, -0.25) is 5.84 Å². The minimum Gasteiger partial charge on any atom is -0.376 e. The van der Waals surface area contributed by atoms with Crippen molar-refractivity contribution < 1.29 is 9.47 Å². The second-order valence-corrected chi connectivity index (χ2v) is 3.25. The maximum Gasteiger partial charge on any atom is 0.103 e. The Balaban J connectivity index is 2.04. The lowest BCUT2D eigenvalue weighted by molar-refractivity contribution is -0.103. The van der Waals surface area contributed by atoms with Gasteiger partial charge in [0.25, 0.3) is 0 Å². The van der Waals surface area contributed by atoms with E-state index in [0.717, 1.165) is 5.69 Å². The van der Waals surface area contributed by atoms with E-state index < -0.39 is 0 Å². The number of ether oxygens (including phenoxy) is 2. The molecule has 1 fully saturated rings. The summed E-state index contributed by atoms with van der Waals surface area (Å²) in [6.45, 7) is 1.87. The summed E-state index contributed by atoms with van der Waals surface area (Å²) in [5, 5.41) is 0. The summed E-state index contributed by atoms with van der Waals surface area (Å²) in [5.74, 6) is 5.49. The van der Waals surface area contributed by atoms with Crippen LogP contribution in [0.4, 0.5) is 0 Å². The van der Waals surface area contributed by atoms with Crippen LogP contribution < -0.4 is 11.3 Å². The minimum atomic E-state index is -0.0368. The van der Waals surface area contributed by atoms with Crippen molar-refractivity contribution in [2.24, 2.45) is 5.84 Å². The van der Waals surface area contributed by atoms with Gasteiger partial charge in [0.15, 0.2) is 0 Å². The molecule has 4 N–H and O–H groups in total. The molecule has 0 amide bonds. The predicted octanol–water partition coefficient (Wildman–Crippen LogP) is -0.0655. The third-order valence-corrected chi connectivity index (χ3v) is 2.35. The van der Waals surface area contributed by atoms with Crippen molar-refractivity contribution in [1.82, 2.24) is 10.4 Å². The van der Waals surface area contributed by atoms with Crippen molar-refractivity contribution in [1.29, 1.82) is 0 Å². The molecule has 78 valence electrons. The molecule has 2 unspecified atom stereocenters. The number of nitrogens with one attached hydrogen (secondary N) is 2. The third kappa shape index (κ3) is 1.96. The maximum atomic E-state index is 5.57. The number of hydrazine groups is 1. The van der Waals surface area contributed by atoms with Crippen LogP contribution >= 0.6 is 0 Å². The molecule has 0 radical (unpaired) electrons. The van der Waals surface area contributed by atoms with Crippen molar-refractivity contribution in [2.45, 2.75) is 12.1 Å². The van der Waals surface area contributed by atoms with E-state index in [4.69, 9.17) is 15.3 Å². The first-order valence-corrected chi connectivity index (χ1v) is 4.70. The van der Waals surface area contributed by atoms with E-state index in [9.17, 15) is 0 Å². The van der Waals surface area contributed by atoms with E-state index in [1.54, 1.807) is 0 Å². The van der Waals surface area contributed by atoms with Crippen molar-refractivity contribution in [3.05, 3.63) is 24.0 Å². The number of hydrogen-bond donors (Lipinski definition) is 3. The van der Waals surface area contributed by atoms with Crippen molar-refractivity contribution in [3.8, 4) is 0 Å². The van der Waals surface area contributed by atoms with Gasteiger partial charge in [-0.2, -0.15) is 0 Å². The number of hydrogen-bond acceptors (Lipinski definition) is 4. The van der Waals surface area contributed by atoms with Gasteiger partial charge < -0.3 is 14.5 Å². The fourth-order valence-electron chi connectivity index (χ4n) is 1.63. The molecule has 1 saturated heterocycles. The molecule has 14 heavy (non-hydrogen) atoms. The minimum absolute atomic E-state index is 0.0209. The maximum absolute atomic E-state index is 5.57. The van der Waals surface area contributed by atoms with Gasteiger partial charge in [0.2, 0.25) is 0 Å². The quantitative estimate of drug-likeness (QED) is 0.468. The van der Waals surface area contributed by atoms with Gasteiger partial charge in [0.1, 0.15) is 6.10 Å². The average molecular weight is 197 g/mol. The van der Waals surface area contributed by atoms with Crippen LogP contribution in [-0.4, -0.2) is 30.9 Å². The third-order valence-electron chi connectivity index (χ3n) is 2.35. The summed E-state index contributed by atoms with van der Waals surface area (Å²) in [5.41, 5.74) is 3.75. The summed E-state index contributed by atoms with van der Waals surface area (Å²) in [4.78, 5) is 3.11. The smallest absolute Gasteiger partial charge is 0.103 e. The van der Waals surface area contributed by atoms with Gasteiger partial charge >= 0.3 is 0 Å². The molecule has 1 aliphatic heterocycles. The van der Waals surface area contributed by atoms with Crippen LogP contribution in [0, 0.1) is 0 Å². The average Bonchev–Trinajstić information content (AvgIpc) is 2.74. The molecule has 1 aliphatic rings. The molecule has 0 aliphatic carbocycles. The largest absolute Gasteiger partial charge is 0.376 e. The number of nitrogens with two attached hydrogens (primary N) is 1. The Morgan fingerprint density at radius 3 is 3.07 bits per heavy atom. The monoisotopic (exact) mass is 197 g/mol. The number of H-pyrrole nitrogens is 1. The van der Waals surface area contributed by atoms with Gasteiger partial charge in [-0.15, -0.1) is 0 Å². The highest BCUT2D eigenvalue weighted by atomic mass is 16.6. The Morgan fingerprint density at radius 2 is 2.50 bits per heavy atom. The Morgan fingerprint density at radius 1 is 1.57 bits per heavy atom. The first-order chi connectivity index (χ1) is 6.92. The van der Waals surface area contributed by atoms with E-state index in [1.807, 2.05) is 18.3 Å². The van der Waals surface area contributed by atoms with Crippen molar-refractivity contribution in [2.75, 3.05) is 19.8 Å². The normalized spacial score (nSPS) is 24.8. The molecule has 0 spiro atoms. The second kappa shape index (κ2) is 4.56. The van der Waals surface area contributed by atoms with Gasteiger partial charge in [-0.05, 0) is 12.1 Å². The fourth-order valence-corrected chi connectivity index (χ4v) is 1.63. The molecule has 5 heteroatoms. The zero-order valence-corrected chi connectivity index (χ0v) is 7.90. The van der Waals surface area contributed by atoms with Gasteiger partial charge in [0, 0.05) is 11.9 Å². The van der Waals surface area contributed by atoms with Crippen LogP contribution in [0.15, 0.2) is 18.3 Å². The summed E-state index contributed by atoms with van der Waals surface area (Å²) >= 11 is 0. The lowest BCUT2D eigenvalue weighted by Crippen LogP contribution is -2.43. The standard InChI is InChI=1S/C9H15N3O2/c10-12-9(7-2-1-3-11-7)8-6-13-4-5-14-8/h1-3,8-9,11-12H,4-6,10H2. The Bertz CT molecular complexity index is 257.